The number of hydrogen-bond acceptors (Lipinski definition) is 4. The van der Waals surface area contributed by atoms with Crippen molar-refractivity contribution in [3.8, 4) is 11.5 Å². The van der Waals surface area contributed by atoms with E-state index in [1.807, 2.05) is 0 Å². The van der Waals surface area contributed by atoms with Gasteiger partial charge in [-0.15, -0.1) is 8.78 Å². The lowest BCUT2D eigenvalue weighted by atomic mass is 10.1. The maximum Gasteiger partial charge on any atom is 0.487 e. The molecule has 0 radical (unpaired) electrons. The number of alkyl halides is 3. The van der Waals surface area contributed by atoms with Crippen LogP contribution >= 0.6 is 11.6 Å². The third-order valence-electron chi connectivity index (χ3n) is 3.18. The number of carbonyl (C=O) groups excluding carboxylic acids is 1. The number of nitrogens with one attached hydrogen (secondary N) is 1. The lowest BCUT2D eigenvalue weighted by Gasteiger charge is -2.11. The fourth-order valence-corrected chi connectivity index (χ4v) is 2.11. The molecule has 7 heteroatoms. The van der Waals surface area contributed by atoms with Crippen LogP contribution in [-0.2, 0) is 0 Å². The van der Waals surface area contributed by atoms with E-state index in [9.17, 15) is 13.6 Å². The summed E-state index contributed by atoms with van der Waals surface area (Å²) >= 11 is 4.69. The second-order valence-corrected chi connectivity index (χ2v) is 5.34. The molecule has 0 aliphatic rings. The van der Waals surface area contributed by atoms with Gasteiger partial charge in [-0.3, -0.25) is 4.79 Å². The van der Waals surface area contributed by atoms with Crippen LogP contribution in [0.15, 0.2) is 48.5 Å². The van der Waals surface area contributed by atoms with Crippen LogP contribution in [-0.4, -0.2) is 25.0 Å². The van der Waals surface area contributed by atoms with Crippen LogP contribution in [0, 0.1) is 0 Å². The molecule has 0 heterocycles. The highest BCUT2D eigenvalue weighted by Crippen LogP contribution is 2.25. The zero-order chi connectivity index (χ0) is 17.6. The summed E-state index contributed by atoms with van der Waals surface area (Å²) < 4.78 is 34.2. The molecular formula is C17H16ClF2NO3. The summed E-state index contributed by atoms with van der Waals surface area (Å²) in [6.45, 7) is 0.413. The molecule has 1 N–H and O–H groups in total. The van der Waals surface area contributed by atoms with Gasteiger partial charge in [0.1, 0.15) is 11.5 Å². The van der Waals surface area contributed by atoms with Gasteiger partial charge < -0.3 is 14.8 Å². The highest BCUT2D eigenvalue weighted by atomic mass is 35.5. The lowest BCUT2D eigenvalue weighted by molar-refractivity contribution is -0.0964. The maximum atomic E-state index is 12.5. The van der Waals surface area contributed by atoms with E-state index in [1.165, 1.54) is 12.1 Å². The van der Waals surface area contributed by atoms with Crippen molar-refractivity contribution in [3.63, 3.8) is 0 Å². The van der Waals surface area contributed by atoms with Crippen molar-refractivity contribution in [2.24, 2.45) is 0 Å². The predicted octanol–water partition coefficient (Wildman–Crippen LogP) is 4.55. The first-order chi connectivity index (χ1) is 11.4. The molecule has 0 saturated carbocycles. The van der Waals surface area contributed by atoms with E-state index in [0.717, 1.165) is 0 Å². The van der Waals surface area contributed by atoms with Gasteiger partial charge in [-0.05, 0) is 48.5 Å². The summed E-state index contributed by atoms with van der Waals surface area (Å²) in [5.41, 5.74) is -2.45. The Morgan fingerprint density at radius 1 is 1.08 bits per heavy atom. The van der Waals surface area contributed by atoms with Crippen LogP contribution in [0.3, 0.4) is 0 Å². The van der Waals surface area contributed by atoms with E-state index in [1.54, 1.807) is 43.5 Å². The van der Waals surface area contributed by atoms with Crippen LogP contribution < -0.4 is 14.8 Å². The van der Waals surface area contributed by atoms with E-state index in [-0.39, 0.29) is 11.5 Å². The van der Waals surface area contributed by atoms with E-state index in [0.29, 0.717) is 30.0 Å². The molecular weight excluding hydrogens is 340 g/mol. The van der Waals surface area contributed by atoms with E-state index in [4.69, 9.17) is 4.74 Å². The number of halogens is 3. The van der Waals surface area contributed by atoms with Gasteiger partial charge in [-0.1, -0.05) is 0 Å². The Hall–Kier alpha value is -2.34. The predicted molar refractivity (Wildman–Crippen MR) is 88.3 cm³/mol. The normalized spacial score (nSPS) is 11.0. The summed E-state index contributed by atoms with van der Waals surface area (Å²) in [6.07, 6.45) is 0.296. The Bertz CT molecular complexity index is 670. The Labute approximate surface area is 143 Å². The average Bonchev–Trinajstić information content (AvgIpc) is 2.55. The number of methoxy groups -OCH3 is 1. The standard InChI is InChI=1S/C17H16ClF2NO3/c1-23-14-6-2-12(3-7-14)16(22)10-11-21-13-4-8-15(9-5-13)24-17(18,19)20/h2-9,21H,10-11H2,1H3. The third-order valence-corrected chi connectivity index (χ3v) is 3.26. The zero-order valence-electron chi connectivity index (χ0n) is 12.9. The van der Waals surface area contributed by atoms with Gasteiger partial charge in [0, 0.05) is 35.8 Å². The molecule has 4 nitrogen and oxygen atoms in total. The Kier molecular flexibility index (Phi) is 5.98. The Morgan fingerprint density at radius 3 is 2.21 bits per heavy atom. The van der Waals surface area contributed by atoms with Crippen LogP contribution in [0.25, 0.3) is 0 Å². The van der Waals surface area contributed by atoms with Crippen LogP contribution in [0.5, 0.6) is 11.5 Å². The average molecular weight is 356 g/mol. The number of Topliss-reactive ketones (excluding diaryl/α,β-unsaturated/α-hetero) is 1. The summed E-state index contributed by atoms with van der Waals surface area (Å²) in [7, 11) is 1.56. The van der Waals surface area contributed by atoms with Gasteiger partial charge in [-0.25, -0.2) is 0 Å². The molecule has 0 aliphatic carbocycles. The van der Waals surface area contributed by atoms with Crippen molar-refractivity contribution in [1.29, 1.82) is 0 Å². The minimum absolute atomic E-state index is 0.00751. The second kappa shape index (κ2) is 7.97. The number of hydrogen-bond donors (Lipinski definition) is 1. The van der Waals surface area contributed by atoms with Crippen molar-refractivity contribution in [2.45, 2.75) is 12.0 Å². The number of carbonyl (C=O) groups is 1. The molecule has 0 bridgehead atoms. The van der Waals surface area contributed by atoms with E-state index < -0.39 is 5.57 Å². The topological polar surface area (TPSA) is 47.6 Å². The van der Waals surface area contributed by atoms with Gasteiger partial charge in [0.25, 0.3) is 0 Å². The quantitative estimate of drug-likeness (QED) is 0.557. The zero-order valence-corrected chi connectivity index (χ0v) is 13.6. The van der Waals surface area contributed by atoms with Crippen molar-refractivity contribution in [3.05, 3.63) is 54.1 Å². The smallest absolute Gasteiger partial charge is 0.487 e. The largest absolute Gasteiger partial charge is 0.497 e. The van der Waals surface area contributed by atoms with Crippen LogP contribution in [0.4, 0.5) is 14.5 Å². The van der Waals surface area contributed by atoms with Crippen molar-refractivity contribution < 1.29 is 23.0 Å². The highest BCUT2D eigenvalue weighted by molar-refractivity contribution is 6.20. The molecule has 0 atom stereocenters. The molecule has 2 aromatic carbocycles. The molecule has 0 unspecified atom stereocenters. The minimum Gasteiger partial charge on any atom is -0.497 e. The molecule has 0 saturated heterocycles. The van der Waals surface area contributed by atoms with E-state index in [2.05, 4.69) is 21.7 Å². The number of anilines is 1. The summed E-state index contributed by atoms with van der Waals surface area (Å²) in [5, 5.41) is 3.04. The lowest BCUT2D eigenvalue weighted by Crippen LogP contribution is -2.15. The molecule has 2 aromatic rings. The summed E-state index contributed by atoms with van der Waals surface area (Å²) in [5.74, 6) is 0.635. The van der Waals surface area contributed by atoms with Gasteiger partial charge in [0.2, 0.25) is 0 Å². The van der Waals surface area contributed by atoms with Crippen molar-refractivity contribution in [2.75, 3.05) is 19.0 Å². The third kappa shape index (κ3) is 5.70. The summed E-state index contributed by atoms with van der Waals surface area (Å²) in [4.78, 5) is 12.0. The number of ether oxygens (including phenoxy) is 2. The molecule has 0 amide bonds. The monoisotopic (exact) mass is 355 g/mol. The molecule has 0 aromatic heterocycles. The molecule has 24 heavy (non-hydrogen) atoms. The van der Waals surface area contributed by atoms with Crippen molar-refractivity contribution >= 4 is 23.1 Å². The number of benzene rings is 2. The highest BCUT2D eigenvalue weighted by Gasteiger charge is 2.27. The van der Waals surface area contributed by atoms with Crippen LogP contribution in [0.1, 0.15) is 16.8 Å². The fraction of sp³-hybridized carbons (Fsp3) is 0.235. The molecule has 0 spiro atoms. The Morgan fingerprint density at radius 2 is 1.67 bits per heavy atom. The minimum atomic E-state index is -3.74. The first-order valence-electron chi connectivity index (χ1n) is 7.14. The van der Waals surface area contributed by atoms with Gasteiger partial charge in [-0.2, -0.15) is 0 Å². The number of ketones is 1. The van der Waals surface area contributed by atoms with Gasteiger partial charge in [0.15, 0.2) is 5.78 Å². The maximum absolute atomic E-state index is 12.5. The van der Waals surface area contributed by atoms with Gasteiger partial charge in [0.05, 0.1) is 7.11 Å². The first kappa shape index (κ1) is 18.0. The van der Waals surface area contributed by atoms with Gasteiger partial charge >= 0.3 is 5.57 Å². The molecule has 128 valence electrons. The van der Waals surface area contributed by atoms with Crippen molar-refractivity contribution in [1.82, 2.24) is 0 Å². The SMILES string of the molecule is COc1ccc(C(=O)CCNc2ccc(OC(F)(F)Cl)cc2)cc1. The Balaban J connectivity index is 1.81. The molecule has 0 aliphatic heterocycles. The van der Waals surface area contributed by atoms with Crippen LogP contribution in [0.2, 0.25) is 0 Å². The first-order valence-corrected chi connectivity index (χ1v) is 7.52. The molecule has 2 rings (SSSR count). The molecule has 0 fully saturated rings. The second-order valence-electron chi connectivity index (χ2n) is 4.90. The van der Waals surface area contributed by atoms with E-state index >= 15 is 0 Å². The number of rotatable bonds is 8. The fourth-order valence-electron chi connectivity index (χ4n) is 2.02. The summed E-state index contributed by atoms with van der Waals surface area (Å²) in [6, 6.07) is 12.7.